The van der Waals surface area contributed by atoms with Crippen molar-refractivity contribution in [3.8, 4) is 0 Å². The quantitative estimate of drug-likeness (QED) is 0.605. The molecule has 2 aromatic rings. The number of urea groups is 1. The van der Waals surface area contributed by atoms with Gasteiger partial charge in [-0.05, 0) is 73.6 Å². The Labute approximate surface area is 192 Å². The number of nitrogens with one attached hydrogen (secondary N) is 2. The standard InChI is InChI=1S/C21H28N6O5S/c1-25-13-22-20(24-25)26(16-8-10-32-11-9-16)33(30,31)27(29)21(28)23-19-17-6-2-4-14(17)12-15-5-3-7-18(15)19/h12-13,16,27H,2-11H2,1H3,(H,23,28). The number of ether oxygens (including phenoxy) is 1. The van der Waals surface area contributed by atoms with Crippen molar-refractivity contribution in [3.63, 3.8) is 0 Å². The molecule has 1 atom stereocenters. The number of hydrogen-bond acceptors (Lipinski definition) is 7. The van der Waals surface area contributed by atoms with E-state index in [1.165, 1.54) is 22.1 Å². The number of rotatable bonds is 5. The number of aryl methyl sites for hydroxylation is 3. The van der Waals surface area contributed by atoms with E-state index < -0.39 is 26.8 Å². The van der Waals surface area contributed by atoms with E-state index in [-0.39, 0.29) is 5.95 Å². The zero-order chi connectivity index (χ0) is 23.2. The molecule has 2 N–H and O–H groups in total. The fourth-order valence-electron chi connectivity index (χ4n) is 5.15. The predicted octanol–water partition coefficient (Wildman–Crippen LogP) is 0.638. The Bertz CT molecular complexity index is 1140. The first-order valence-electron chi connectivity index (χ1n) is 11.4. The van der Waals surface area contributed by atoms with Crippen LogP contribution in [-0.2, 0) is 47.7 Å². The molecule has 33 heavy (non-hydrogen) atoms. The molecule has 1 aliphatic heterocycles. The number of hydrogen-bond donors (Lipinski definition) is 2. The fourth-order valence-corrected chi connectivity index (χ4v) is 6.52. The maximum absolute atomic E-state index is 13.4. The van der Waals surface area contributed by atoms with E-state index in [4.69, 9.17) is 4.74 Å². The van der Waals surface area contributed by atoms with Crippen LogP contribution in [0.25, 0.3) is 0 Å². The summed E-state index contributed by atoms with van der Waals surface area (Å²) in [5.74, 6) is -0.118. The average molecular weight is 477 g/mol. The molecule has 2 heterocycles. The van der Waals surface area contributed by atoms with Gasteiger partial charge in [-0.2, -0.15) is 22.2 Å². The Morgan fingerprint density at radius 3 is 2.39 bits per heavy atom. The minimum atomic E-state index is -4.70. The molecule has 1 saturated heterocycles. The summed E-state index contributed by atoms with van der Waals surface area (Å²) in [4.78, 5) is 17.1. The van der Waals surface area contributed by atoms with Crippen molar-refractivity contribution in [2.45, 2.75) is 57.4 Å². The monoisotopic (exact) mass is 476 g/mol. The molecule has 1 unspecified atom stereocenters. The molecule has 1 aromatic heterocycles. The third-order valence-electron chi connectivity index (χ3n) is 6.70. The number of aromatic nitrogens is 3. The Morgan fingerprint density at radius 2 is 1.82 bits per heavy atom. The molecule has 11 nitrogen and oxygen atoms in total. The van der Waals surface area contributed by atoms with Gasteiger partial charge in [-0.1, -0.05) is 6.07 Å². The van der Waals surface area contributed by atoms with Crippen molar-refractivity contribution in [3.05, 3.63) is 39.9 Å². The largest absolute Gasteiger partial charge is 0.608 e. The van der Waals surface area contributed by atoms with Crippen LogP contribution in [0.5, 0.6) is 0 Å². The van der Waals surface area contributed by atoms with Gasteiger partial charge in [0.15, 0.2) is 0 Å². The molecule has 178 valence electrons. The summed E-state index contributed by atoms with van der Waals surface area (Å²) in [6.07, 6.45) is 7.57. The highest BCUT2D eigenvalue weighted by Gasteiger charge is 2.42. The molecule has 0 radical (unpaired) electrons. The lowest BCUT2D eigenvalue weighted by atomic mass is 9.99. The van der Waals surface area contributed by atoms with E-state index in [0.29, 0.717) is 31.7 Å². The van der Waals surface area contributed by atoms with Gasteiger partial charge >= 0.3 is 16.2 Å². The van der Waals surface area contributed by atoms with Gasteiger partial charge in [0, 0.05) is 20.3 Å². The highest BCUT2D eigenvalue weighted by atomic mass is 32.2. The first kappa shape index (κ1) is 22.3. The van der Waals surface area contributed by atoms with Gasteiger partial charge in [-0.15, -0.1) is 5.10 Å². The van der Waals surface area contributed by atoms with E-state index in [1.807, 2.05) is 0 Å². The topological polar surface area (TPSA) is 134 Å². The number of benzene rings is 1. The Morgan fingerprint density at radius 1 is 1.18 bits per heavy atom. The number of quaternary nitrogens is 1. The van der Waals surface area contributed by atoms with Gasteiger partial charge < -0.3 is 9.94 Å². The summed E-state index contributed by atoms with van der Waals surface area (Å²) in [5.41, 5.74) is 5.06. The Hall–Kier alpha value is -2.54. The third-order valence-corrected chi connectivity index (χ3v) is 8.33. The number of nitrogens with zero attached hydrogens (tertiary/aromatic N) is 4. The maximum atomic E-state index is 13.4. The zero-order valence-electron chi connectivity index (χ0n) is 18.5. The summed E-state index contributed by atoms with van der Waals surface area (Å²) in [7, 11) is -3.09. The van der Waals surface area contributed by atoms with Gasteiger partial charge in [0.25, 0.3) is 5.95 Å². The van der Waals surface area contributed by atoms with Crippen LogP contribution in [0, 0.1) is 5.21 Å². The van der Waals surface area contributed by atoms with Gasteiger partial charge in [-0.3, -0.25) is 10.00 Å². The van der Waals surface area contributed by atoms with Gasteiger partial charge in [0.1, 0.15) is 6.33 Å². The second-order valence-electron chi connectivity index (χ2n) is 8.84. The van der Waals surface area contributed by atoms with Gasteiger partial charge in [0.2, 0.25) is 0 Å². The first-order valence-corrected chi connectivity index (χ1v) is 12.8. The molecular formula is C21H28N6O5S. The van der Waals surface area contributed by atoms with Crippen molar-refractivity contribution in [1.29, 1.82) is 0 Å². The molecule has 12 heteroatoms. The number of anilines is 2. The van der Waals surface area contributed by atoms with E-state index in [0.717, 1.165) is 54.0 Å². The molecule has 2 aliphatic carbocycles. The average Bonchev–Trinajstić information content (AvgIpc) is 3.55. The predicted molar refractivity (Wildman–Crippen MR) is 120 cm³/mol. The summed E-state index contributed by atoms with van der Waals surface area (Å²) in [6, 6.07) is 0.504. The number of carbonyl (C=O) groups excluding carboxylic acids is 1. The van der Waals surface area contributed by atoms with E-state index >= 15 is 0 Å². The highest BCUT2D eigenvalue weighted by molar-refractivity contribution is 7.86. The number of amides is 2. The van der Waals surface area contributed by atoms with Crippen LogP contribution < -0.4 is 14.1 Å². The van der Waals surface area contributed by atoms with Crippen molar-refractivity contribution >= 4 is 27.9 Å². The molecule has 5 rings (SSSR count). The van der Waals surface area contributed by atoms with Crippen LogP contribution in [0.1, 0.15) is 47.9 Å². The minimum absolute atomic E-state index is 0.118. The van der Waals surface area contributed by atoms with Crippen molar-refractivity contribution in [1.82, 2.24) is 14.8 Å². The van der Waals surface area contributed by atoms with Gasteiger partial charge in [0.05, 0.1) is 11.7 Å². The third kappa shape index (κ3) is 4.01. The highest BCUT2D eigenvalue weighted by Crippen LogP contribution is 2.38. The van der Waals surface area contributed by atoms with Crippen molar-refractivity contribution in [2.75, 3.05) is 22.8 Å². The Balaban J connectivity index is 1.45. The van der Waals surface area contributed by atoms with Crippen LogP contribution in [0.4, 0.5) is 16.4 Å². The Kier molecular flexibility index (Phi) is 5.85. The molecule has 2 amide bonds. The number of carbonyl (C=O) groups is 1. The normalized spacial score (nSPS) is 19.2. The number of fused-ring (bicyclic) bond motifs is 2. The van der Waals surface area contributed by atoms with Crippen LogP contribution in [0.15, 0.2) is 12.4 Å². The maximum Gasteiger partial charge on any atom is 0.436 e. The molecule has 0 bridgehead atoms. The van der Waals surface area contributed by atoms with Crippen molar-refractivity contribution in [2.24, 2.45) is 7.05 Å². The molecule has 0 spiro atoms. The summed E-state index contributed by atoms with van der Waals surface area (Å²) >= 11 is 0. The molecular weight excluding hydrogens is 448 g/mol. The second kappa shape index (κ2) is 8.67. The molecule has 3 aliphatic rings. The smallest absolute Gasteiger partial charge is 0.436 e. The SMILES string of the molecule is Cn1cnc(N(C2CCOCC2)S(=O)(=O)[NH+]([O-])C(=O)Nc2c3c(cc4c2CCC4)CCC3)n1. The summed E-state index contributed by atoms with van der Waals surface area (Å²) < 4.78 is 33.0. The lowest BCUT2D eigenvalue weighted by Crippen LogP contribution is -3.14. The van der Waals surface area contributed by atoms with Crippen LogP contribution in [0.2, 0.25) is 0 Å². The number of hydroxylamine groups is 1. The van der Waals surface area contributed by atoms with E-state index in [9.17, 15) is 18.4 Å². The van der Waals surface area contributed by atoms with E-state index in [2.05, 4.69) is 21.5 Å². The van der Waals surface area contributed by atoms with Crippen LogP contribution >= 0.6 is 0 Å². The lowest BCUT2D eigenvalue weighted by molar-refractivity contribution is -0.604. The zero-order valence-corrected chi connectivity index (χ0v) is 19.4. The second-order valence-corrected chi connectivity index (χ2v) is 10.6. The lowest BCUT2D eigenvalue weighted by Gasteiger charge is -2.34. The minimum Gasteiger partial charge on any atom is -0.608 e. The molecule has 1 aromatic carbocycles. The fraction of sp³-hybridized carbons (Fsp3) is 0.571. The molecule has 1 fully saturated rings. The van der Waals surface area contributed by atoms with E-state index in [1.54, 1.807) is 7.05 Å². The molecule has 0 saturated carbocycles. The summed E-state index contributed by atoms with van der Waals surface area (Å²) in [6.45, 7) is 0.707. The van der Waals surface area contributed by atoms with Crippen LogP contribution in [0.3, 0.4) is 0 Å². The summed E-state index contributed by atoms with van der Waals surface area (Å²) in [5, 5.41) is 19.9. The van der Waals surface area contributed by atoms with Crippen LogP contribution in [-0.4, -0.2) is 48.5 Å². The first-order chi connectivity index (χ1) is 15.9. The van der Waals surface area contributed by atoms with Gasteiger partial charge in [-0.25, -0.2) is 4.79 Å². The van der Waals surface area contributed by atoms with Crippen molar-refractivity contribution < 1.29 is 22.4 Å².